The molecule has 18 heavy (non-hydrogen) atoms. The van der Waals surface area contributed by atoms with Gasteiger partial charge in [0, 0.05) is 26.0 Å². The predicted molar refractivity (Wildman–Crippen MR) is 72.9 cm³/mol. The van der Waals surface area contributed by atoms with Crippen LogP contribution >= 0.6 is 0 Å². The van der Waals surface area contributed by atoms with E-state index in [4.69, 9.17) is 0 Å². The summed E-state index contributed by atoms with van der Waals surface area (Å²) in [4.78, 5) is 15.7. The van der Waals surface area contributed by atoms with E-state index in [2.05, 4.69) is 35.4 Å². The van der Waals surface area contributed by atoms with Gasteiger partial charge in [0.25, 0.3) is 5.56 Å². The Bertz CT molecular complexity index is 590. The number of rotatable bonds is 4. The number of hydrogen-bond acceptors (Lipinski definition) is 3. The molecule has 0 unspecified atom stereocenters. The Hall–Kier alpha value is -2.10. The maximum Gasteiger partial charge on any atom is 0.293 e. The Kier molecular flexibility index (Phi) is 3.77. The highest BCUT2D eigenvalue weighted by Gasteiger charge is 2.01. The van der Waals surface area contributed by atoms with Gasteiger partial charge < -0.3 is 9.88 Å². The Balaban J connectivity index is 1.97. The molecule has 0 saturated carbocycles. The number of nitrogens with zero attached hydrogens (tertiary/aromatic N) is 2. The molecule has 2 rings (SSSR count). The molecule has 0 atom stereocenters. The zero-order valence-corrected chi connectivity index (χ0v) is 10.7. The summed E-state index contributed by atoms with van der Waals surface area (Å²) in [6, 6.07) is 8.36. The van der Waals surface area contributed by atoms with Crippen LogP contribution < -0.4 is 10.9 Å². The molecular formula is C14H17N3O. The topological polar surface area (TPSA) is 46.9 Å². The number of anilines is 1. The minimum atomic E-state index is -0.0956. The van der Waals surface area contributed by atoms with Gasteiger partial charge in [-0.3, -0.25) is 4.79 Å². The highest BCUT2D eigenvalue weighted by Crippen LogP contribution is 2.04. The van der Waals surface area contributed by atoms with Crippen LogP contribution in [-0.2, 0) is 13.5 Å². The maximum atomic E-state index is 11.7. The maximum absolute atomic E-state index is 11.7. The van der Waals surface area contributed by atoms with Crippen LogP contribution in [0.5, 0.6) is 0 Å². The fraction of sp³-hybridized carbons (Fsp3) is 0.286. The predicted octanol–water partition coefficient (Wildman–Crippen LogP) is 1.74. The van der Waals surface area contributed by atoms with Gasteiger partial charge in [0.05, 0.1) is 0 Å². The lowest BCUT2D eigenvalue weighted by atomic mass is 10.1. The highest BCUT2D eigenvalue weighted by molar-refractivity contribution is 5.31. The molecule has 4 heteroatoms. The molecule has 0 bridgehead atoms. The summed E-state index contributed by atoms with van der Waals surface area (Å²) in [6.45, 7) is 2.78. The van der Waals surface area contributed by atoms with Crippen LogP contribution in [0.3, 0.4) is 0 Å². The second kappa shape index (κ2) is 5.49. The second-order valence-corrected chi connectivity index (χ2v) is 4.36. The monoisotopic (exact) mass is 243 g/mol. The molecule has 0 aliphatic carbocycles. The Morgan fingerprint density at radius 1 is 1.39 bits per heavy atom. The first kappa shape index (κ1) is 12.4. The van der Waals surface area contributed by atoms with Crippen molar-refractivity contribution in [2.75, 3.05) is 11.9 Å². The molecule has 4 nitrogen and oxygen atoms in total. The highest BCUT2D eigenvalue weighted by atomic mass is 16.1. The number of aromatic nitrogens is 2. The minimum Gasteiger partial charge on any atom is -0.365 e. The van der Waals surface area contributed by atoms with Crippen LogP contribution in [0.4, 0.5) is 5.82 Å². The van der Waals surface area contributed by atoms with Crippen LogP contribution in [0, 0.1) is 6.92 Å². The first-order chi connectivity index (χ1) is 8.66. The van der Waals surface area contributed by atoms with Crippen molar-refractivity contribution in [1.82, 2.24) is 9.55 Å². The van der Waals surface area contributed by atoms with Crippen molar-refractivity contribution < 1.29 is 0 Å². The normalized spacial score (nSPS) is 10.3. The van der Waals surface area contributed by atoms with Crippen LogP contribution in [0.1, 0.15) is 11.1 Å². The summed E-state index contributed by atoms with van der Waals surface area (Å²) in [6.07, 6.45) is 4.14. The largest absolute Gasteiger partial charge is 0.365 e. The Labute approximate surface area is 106 Å². The summed E-state index contributed by atoms with van der Waals surface area (Å²) in [5.74, 6) is 0.410. The van der Waals surface area contributed by atoms with Gasteiger partial charge in [-0.1, -0.05) is 29.8 Å². The van der Waals surface area contributed by atoms with Crippen LogP contribution in [-0.4, -0.2) is 16.1 Å². The Morgan fingerprint density at radius 2 is 2.22 bits per heavy atom. The molecule has 0 radical (unpaired) electrons. The van der Waals surface area contributed by atoms with Gasteiger partial charge in [-0.05, 0) is 18.9 Å². The number of benzene rings is 1. The van der Waals surface area contributed by atoms with Crippen molar-refractivity contribution in [3.8, 4) is 0 Å². The van der Waals surface area contributed by atoms with Crippen molar-refractivity contribution in [1.29, 1.82) is 0 Å². The van der Waals surface area contributed by atoms with E-state index in [-0.39, 0.29) is 5.56 Å². The van der Waals surface area contributed by atoms with E-state index in [1.54, 1.807) is 19.4 Å². The van der Waals surface area contributed by atoms with Gasteiger partial charge >= 0.3 is 0 Å². The molecule has 0 fully saturated rings. The lowest BCUT2D eigenvalue weighted by Gasteiger charge is -2.06. The van der Waals surface area contributed by atoms with Gasteiger partial charge in [0.15, 0.2) is 5.82 Å². The van der Waals surface area contributed by atoms with Crippen LogP contribution in [0.2, 0.25) is 0 Å². The molecule has 1 aromatic carbocycles. The van der Waals surface area contributed by atoms with Crippen LogP contribution in [0.25, 0.3) is 0 Å². The van der Waals surface area contributed by atoms with Crippen LogP contribution in [0.15, 0.2) is 41.5 Å². The molecule has 1 heterocycles. The van der Waals surface area contributed by atoms with Gasteiger partial charge in [-0.2, -0.15) is 0 Å². The average Bonchev–Trinajstić information content (AvgIpc) is 2.35. The van der Waals surface area contributed by atoms with Gasteiger partial charge in [-0.25, -0.2) is 4.98 Å². The Morgan fingerprint density at radius 3 is 3.00 bits per heavy atom. The fourth-order valence-corrected chi connectivity index (χ4v) is 1.81. The summed E-state index contributed by atoms with van der Waals surface area (Å²) in [5.41, 5.74) is 2.42. The number of aryl methyl sites for hydroxylation is 2. The van der Waals surface area contributed by atoms with Crippen molar-refractivity contribution >= 4 is 5.82 Å². The van der Waals surface area contributed by atoms with E-state index in [0.29, 0.717) is 12.4 Å². The molecule has 0 aliphatic heterocycles. The molecule has 1 N–H and O–H groups in total. The van der Waals surface area contributed by atoms with Gasteiger partial charge in [0.2, 0.25) is 0 Å². The first-order valence-corrected chi connectivity index (χ1v) is 5.98. The quantitative estimate of drug-likeness (QED) is 0.889. The average molecular weight is 243 g/mol. The van der Waals surface area contributed by atoms with E-state index >= 15 is 0 Å². The van der Waals surface area contributed by atoms with Gasteiger partial charge in [0.1, 0.15) is 0 Å². The van der Waals surface area contributed by atoms with E-state index in [1.165, 1.54) is 15.7 Å². The molecule has 94 valence electrons. The first-order valence-electron chi connectivity index (χ1n) is 5.98. The standard InChI is InChI=1S/C14H17N3O/c1-11-4-3-5-12(10-11)6-7-15-13-14(18)17(2)9-8-16-13/h3-5,8-10H,6-7H2,1-2H3,(H,15,16). The summed E-state index contributed by atoms with van der Waals surface area (Å²) < 4.78 is 1.52. The molecule has 0 amide bonds. The van der Waals surface area contributed by atoms with Crippen molar-refractivity contribution in [3.05, 3.63) is 58.1 Å². The third-order valence-corrected chi connectivity index (χ3v) is 2.81. The lowest BCUT2D eigenvalue weighted by Crippen LogP contribution is -2.22. The molecule has 0 aliphatic rings. The smallest absolute Gasteiger partial charge is 0.293 e. The summed E-state index contributed by atoms with van der Waals surface area (Å²) in [5, 5.41) is 3.08. The third kappa shape index (κ3) is 2.97. The van der Waals surface area contributed by atoms with Crippen molar-refractivity contribution in [3.63, 3.8) is 0 Å². The summed E-state index contributed by atoms with van der Waals surface area (Å²) >= 11 is 0. The zero-order chi connectivity index (χ0) is 13.0. The SMILES string of the molecule is Cc1cccc(CCNc2nccn(C)c2=O)c1. The summed E-state index contributed by atoms with van der Waals surface area (Å²) in [7, 11) is 1.72. The van der Waals surface area contributed by atoms with Crippen molar-refractivity contribution in [2.45, 2.75) is 13.3 Å². The second-order valence-electron chi connectivity index (χ2n) is 4.36. The number of hydrogen-bond donors (Lipinski definition) is 1. The van der Waals surface area contributed by atoms with E-state index in [0.717, 1.165) is 6.42 Å². The van der Waals surface area contributed by atoms with Crippen molar-refractivity contribution in [2.24, 2.45) is 7.05 Å². The molecule has 1 aromatic heterocycles. The van der Waals surface area contributed by atoms with E-state index < -0.39 is 0 Å². The zero-order valence-electron chi connectivity index (χ0n) is 10.7. The third-order valence-electron chi connectivity index (χ3n) is 2.81. The lowest BCUT2D eigenvalue weighted by molar-refractivity contribution is 0.837. The van der Waals surface area contributed by atoms with E-state index in [9.17, 15) is 4.79 Å². The fourth-order valence-electron chi connectivity index (χ4n) is 1.81. The molecule has 0 spiro atoms. The molecular weight excluding hydrogens is 226 g/mol. The number of nitrogens with one attached hydrogen (secondary N) is 1. The minimum absolute atomic E-state index is 0.0956. The van der Waals surface area contributed by atoms with Gasteiger partial charge in [-0.15, -0.1) is 0 Å². The molecule has 0 saturated heterocycles. The molecule has 2 aromatic rings. The van der Waals surface area contributed by atoms with E-state index in [1.807, 2.05) is 6.07 Å².